The summed E-state index contributed by atoms with van der Waals surface area (Å²) in [5.41, 5.74) is 0.435. The van der Waals surface area contributed by atoms with Gasteiger partial charge in [0.1, 0.15) is 11.6 Å². The van der Waals surface area contributed by atoms with Gasteiger partial charge in [0.2, 0.25) is 5.91 Å². The van der Waals surface area contributed by atoms with Crippen LogP contribution in [0.15, 0.2) is 30.3 Å². The highest BCUT2D eigenvalue weighted by Gasteiger charge is 2.27. The number of thiophene rings is 1. The third kappa shape index (κ3) is 5.53. The molecular weight excluding hydrogens is 396 g/mol. The molecule has 3 amide bonds. The van der Waals surface area contributed by atoms with Crippen molar-refractivity contribution in [2.45, 2.75) is 39.7 Å². The number of rotatable bonds is 4. The van der Waals surface area contributed by atoms with Gasteiger partial charge in [0.15, 0.2) is 0 Å². The van der Waals surface area contributed by atoms with E-state index < -0.39 is 11.6 Å². The van der Waals surface area contributed by atoms with Crippen LogP contribution in [0.3, 0.4) is 0 Å². The summed E-state index contributed by atoms with van der Waals surface area (Å²) in [6, 6.07) is 6.63. The first kappa shape index (κ1) is 22.8. The lowest BCUT2D eigenvalue weighted by molar-refractivity contribution is -0.132. The zero-order chi connectivity index (χ0) is 20.3. The average Bonchev–Trinajstić information content (AvgIpc) is 3.14. The van der Waals surface area contributed by atoms with E-state index in [1.54, 1.807) is 24.1 Å². The van der Waals surface area contributed by atoms with E-state index in [1.807, 2.05) is 11.8 Å². The molecule has 1 aromatic carbocycles. The van der Waals surface area contributed by atoms with Crippen molar-refractivity contribution in [3.8, 4) is 10.4 Å². The molecule has 1 aliphatic rings. The molecule has 1 fully saturated rings. The van der Waals surface area contributed by atoms with Gasteiger partial charge in [-0.1, -0.05) is 14.4 Å². The summed E-state index contributed by atoms with van der Waals surface area (Å²) < 4.78 is 26.8. The second-order valence-electron chi connectivity index (χ2n) is 6.83. The van der Waals surface area contributed by atoms with E-state index in [2.05, 4.69) is 5.32 Å². The van der Waals surface area contributed by atoms with Crippen LogP contribution in [0.1, 0.15) is 33.6 Å². The summed E-state index contributed by atoms with van der Waals surface area (Å²) in [4.78, 5) is 28.5. The SMILES string of the molecule is C.CCC(=O)N1CCC(N(C)C(=O)Nc2ccc(-c3cc(F)cc(F)c3)s2)CC1. The fraction of sp³-hybridized carbons (Fsp3) is 0.429. The van der Waals surface area contributed by atoms with Gasteiger partial charge in [-0.2, -0.15) is 0 Å². The van der Waals surface area contributed by atoms with Crippen LogP contribution in [0, 0.1) is 11.6 Å². The van der Waals surface area contributed by atoms with Crippen LogP contribution in [0.4, 0.5) is 18.6 Å². The number of nitrogens with one attached hydrogen (secondary N) is 1. The fourth-order valence-electron chi connectivity index (χ4n) is 3.34. The zero-order valence-corrected chi connectivity index (χ0v) is 16.7. The predicted octanol–water partition coefficient (Wildman–Crippen LogP) is 5.19. The molecule has 5 nitrogen and oxygen atoms in total. The molecule has 0 atom stereocenters. The minimum absolute atomic E-state index is 0. The van der Waals surface area contributed by atoms with Crippen LogP contribution in [-0.4, -0.2) is 47.9 Å². The van der Waals surface area contributed by atoms with E-state index in [0.717, 1.165) is 18.9 Å². The highest BCUT2D eigenvalue weighted by molar-refractivity contribution is 7.19. The summed E-state index contributed by atoms with van der Waals surface area (Å²) >= 11 is 1.26. The summed E-state index contributed by atoms with van der Waals surface area (Å²) in [5, 5.41) is 3.45. The second-order valence-corrected chi connectivity index (χ2v) is 7.91. The first-order valence-electron chi connectivity index (χ1n) is 9.25. The summed E-state index contributed by atoms with van der Waals surface area (Å²) in [6.45, 7) is 3.16. The Balaban J connectivity index is 0.00000300. The van der Waals surface area contributed by atoms with Gasteiger partial charge in [0.25, 0.3) is 0 Å². The van der Waals surface area contributed by atoms with Crippen LogP contribution >= 0.6 is 11.3 Å². The number of piperidine rings is 1. The number of amides is 3. The first-order valence-corrected chi connectivity index (χ1v) is 10.1. The van der Waals surface area contributed by atoms with Crippen molar-refractivity contribution >= 4 is 28.3 Å². The molecule has 0 saturated carbocycles. The Hall–Kier alpha value is -2.48. The smallest absolute Gasteiger partial charge is 0.322 e. The van der Waals surface area contributed by atoms with Crippen molar-refractivity contribution in [1.29, 1.82) is 0 Å². The number of halogens is 2. The molecule has 0 aliphatic carbocycles. The van der Waals surface area contributed by atoms with Gasteiger partial charge in [-0.15, -0.1) is 11.3 Å². The summed E-state index contributed by atoms with van der Waals surface area (Å²) in [6.07, 6.45) is 1.98. The Bertz CT molecular complexity index is 843. The Kier molecular flexibility index (Phi) is 7.73. The van der Waals surface area contributed by atoms with Gasteiger partial charge in [0, 0.05) is 43.5 Å². The Morgan fingerprint density at radius 3 is 2.38 bits per heavy atom. The normalized spacial score (nSPS) is 14.3. The molecule has 3 rings (SSSR count). The number of benzene rings is 1. The van der Waals surface area contributed by atoms with E-state index in [1.165, 1.54) is 23.5 Å². The number of anilines is 1. The third-order valence-electron chi connectivity index (χ3n) is 4.97. The molecule has 1 aromatic heterocycles. The van der Waals surface area contributed by atoms with Gasteiger partial charge in [-0.05, 0) is 42.7 Å². The van der Waals surface area contributed by atoms with Crippen molar-refractivity contribution in [3.05, 3.63) is 42.0 Å². The maximum Gasteiger partial charge on any atom is 0.322 e. The number of carbonyl (C=O) groups is 2. The Morgan fingerprint density at radius 1 is 1.17 bits per heavy atom. The Morgan fingerprint density at radius 2 is 1.79 bits per heavy atom. The molecule has 0 radical (unpaired) electrons. The molecule has 0 unspecified atom stereocenters. The molecule has 1 N–H and O–H groups in total. The van der Waals surface area contributed by atoms with Crippen molar-refractivity contribution in [3.63, 3.8) is 0 Å². The molecule has 2 aromatic rings. The van der Waals surface area contributed by atoms with E-state index in [-0.39, 0.29) is 25.4 Å². The molecule has 29 heavy (non-hydrogen) atoms. The molecule has 0 bridgehead atoms. The lowest BCUT2D eigenvalue weighted by Crippen LogP contribution is -2.48. The lowest BCUT2D eigenvalue weighted by atomic mass is 10.0. The number of carbonyl (C=O) groups excluding carboxylic acids is 2. The minimum atomic E-state index is -0.637. The topological polar surface area (TPSA) is 52.7 Å². The first-order chi connectivity index (χ1) is 13.4. The van der Waals surface area contributed by atoms with Crippen LogP contribution in [0.5, 0.6) is 0 Å². The largest absolute Gasteiger partial charge is 0.343 e. The lowest BCUT2D eigenvalue weighted by Gasteiger charge is -2.36. The van der Waals surface area contributed by atoms with Crippen LogP contribution in [-0.2, 0) is 4.79 Å². The van der Waals surface area contributed by atoms with Gasteiger partial charge in [-0.25, -0.2) is 13.6 Å². The monoisotopic (exact) mass is 423 g/mol. The van der Waals surface area contributed by atoms with Crippen molar-refractivity contribution in [2.24, 2.45) is 0 Å². The Labute approximate surface area is 174 Å². The molecule has 158 valence electrons. The zero-order valence-electron chi connectivity index (χ0n) is 15.9. The maximum atomic E-state index is 13.4. The average molecular weight is 424 g/mol. The quantitative estimate of drug-likeness (QED) is 0.735. The minimum Gasteiger partial charge on any atom is -0.343 e. The van der Waals surface area contributed by atoms with Crippen molar-refractivity contribution in [2.75, 3.05) is 25.5 Å². The van der Waals surface area contributed by atoms with E-state index in [0.29, 0.717) is 35.0 Å². The number of likely N-dealkylation sites (tertiary alicyclic amines) is 1. The number of nitrogens with zero attached hydrogens (tertiary/aromatic N) is 2. The van der Waals surface area contributed by atoms with Crippen LogP contribution < -0.4 is 5.32 Å². The fourth-order valence-corrected chi connectivity index (χ4v) is 4.22. The number of hydrogen-bond donors (Lipinski definition) is 1. The standard InChI is InChI=1S/C20H23F2N3O2S.CH4/c1-3-19(26)25-8-6-16(7-9-25)24(2)20(27)23-18-5-4-17(28-18)13-10-14(21)12-15(22)11-13;/h4-5,10-12,16H,3,6-9H2,1-2H3,(H,23,27);1H4. The summed E-state index contributed by atoms with van der Waals surface area (Å²) in [7, 11) is 1.74. The van der Waals surface area contributed by atoms with Crippen LogP contribution in [0.2, 0.25) is 0 Å². The van der Waals surface area contributed by atoms with Gasteiger partial charge < -0.3 is 9.80 Å². The van der Waals surface area contributed by atoms with Gasteiger partial charge in [0.05, 0.1) is 5.00 Å². The number of hydrogen-bond acceptors (Lipinski definition) is 3. The molecule has 2 heterocycles. The highest BCUT2D eigenvalue weighted by atomic mass is 32.1. The van der Waals surface area contributed by atoms with Gasteiger partial charge >= 0.3 is 6.03 Å². The second kappa shape index (κ2) is 9.82. The van der Waals surface area contributed by atoms with Crippen LogP contribution in [0.25, 0.3) is 10.4 Å². The van der Waals surface area contributed by atoms with E-state index in [4.69, 9.17) is 0 Å². The third-order valence-corrected chi connectivity index (χ3v) is 6.02. The maximum absolute atomic E-state index is 13.4. The van der Waals surface area contributed by atoms with E-state index in [9.17, 15) is 18.4 Å². The molecule has 0 spiro atoms. The molecular formula is C21H27F2N3O2S. The number of urea groups is 1. The highest BCUT2D eigenvalue weighted by Crippen LogP contribution is 2.32. The predicted molar refractivity (Wildman–Crippen MR) is 113 cm³/mol. The van der Waals surface area contributed by atoms with Crippen molar-refractivity contribution < 1.29 is 18.4 Å². The van der Waals surface area contributed by atoms with E-state index >= 15 is 0 Å². The summed E-state index contributed by atoms with van der Waals surface area (Å²) in [5.74, 6) is -1.13. The molecule has 1 aliphatic heterocycles. The van der Waals surface area contributed by atoms with Gasteiger partial charge in [-0.3, -0.25) is 10.1 Å². The molecule has 8 heteroatoms. The molecule has 1 saturated heterocycles. The van der Waals surface area contributed by atoms with Crippen molar-refractivity contribution in [1.82, 2.24) is 9.80 Å².